The highest BCUT2D eigenvalue weighted by Gasteiger charge is 2.29. The quantitative estimate of drug-likeness (QED) is 0.288. The summed E-state index contributed by atoms with van der Waals surface area (Å²) in [5.74, 6) is 1.62. The molecule has 0 radical (unpaired) electrons. The van der Waals surface area contributed by atoms with Crippen molar-refractivity contribution in [2.24, 2.45) is 4.99 Å². The Hall–Kier alpha value is -2.37. The molecule has 2 N–H and O–H groups in total. The first-order valence-corrected chi connectivity index (χ1v) is 9.20. The van der Waals surface area contributed by atoms with Crippen LogP contribution < -0.4 is 24.8 Å². The van der Waals surface area contributed by atoms with E-state index in [1.54, 1.807) is 26.3 Å². The van der Waals surface area contributed by atoms with E-state index in [9.17, 15) is 13.2 Å². The largest absolute Gasteiger partial charge is 0.496 e. The molecule has 0 bridgehead atoms. The van der Waals surface area contributed by atoms with Crippen LogP contribution in [0, 0.1) is 6.92 Å². The molecule has 0 heterocycles. The summed E-state index contributed by atoms with van der Waals surface area (Å²) >= 11 is 0. The van der Waals surface area contributed by atoms with E-state index in [4.69, 9.17) is 14.2 Å². The molecule has 0 fully saturated rings. The van der Waals surface area contributed by atoms with Gasteiger partial charge in [-0.1, -0.05) is 18.2 Å². The van der Waals surface area contributed by atoms with E-state index in [0.717, 1.165) is 22.4 Å². The van der Waals surface area contributed by atoms with Crippen LogP contribution in [-0.4, -0.2) is 40.0 Å². The number of ether oxygens (including phenoxy) is 3. The topological polar surface area (TPSA) is 64.1 Å². The fraction of sp³-hybridized carbons (Fsp3) is 0.381. The van der Waals surface area contributed by atoms with Crippen LogP contribution in [0.2, 0.25) is 0 Å². The number of nitrogens with one attached hydrogen (secondary N) is 2. The molecule has 0 saturated heterocycles. The summed E-state index contributed by atoms with van der Waals surface area (Å²) < 4.78 is 52.4. The van der Waals surface area contributed by atoms with Gasteiger partial charge in [0.2, 0.25) is 0 Å². The average molecular weight is 553 g/mol. The number of alkyl halides is 3. The first-order valence-electron chi connectivity index (χ1n) is 9.20. The lowest BCUT2D eigenvalue weighted by Gasteiger charge is -2.16. The van der Waals surface area contributed by atoms with Crippen molar-refractivity contribution >= 4 is 29.9 Å². The van der Waals surface area contributed by atoms with Crippen LogP contribution in [0.4, 0.5) is 13.2 Å². The first-order chi connectivity index (χ1) is 14.3. The molecule has 0 amide bonds. The highest BCUT2D eigenvalue weighted by molar-refractivity contribution is 14.0. The minimum Gasteiger partial charge on any atom is -0.496 e. The van der Waals surface area contributed by atoms with Crippen LogP contribution in [0.5, 0.6) is 17.2 Å². The van der Waals surface area contributed by atoms with E-state index >= 15 is 0 Å². The van der Waals surface area contributed by atoms with Crippen molar-refractivity contribution in [2.75, 3.05) is 27.9 Å². The van der Waals surface area contributed by atoms with Gasteiger partial charge >= 0.3 is 6.18 Å². The first kappa shape index (κ1) is 26.7. The molecule has 0 unspecified atom stereocenters. The zero-order valence-electron chi connectivity index (χ0n) is 17.8. The van der Waals surface area contributed by atoms with Crippen LogP contribution in [0.15, 0.2) is 41.4 Å². The van der Waals surface area contributed by atoms with Gasteiger partial charge in [0.15, 0.2) is 24.1 Å². The number of nitrogens with zero attached hydrogens (tertiary/aromatic N) is 1. The van der Waals surface area contributed by atoms with Crippen molar-refractivity contribution in [1.29, 1.82) is 0 Å². The van der Waals surface area contributed by atoms with Gasteiger partial charge in [0.05, 0.1) is 14.2 Å². The molecule has 0 aliphatic carbocycles. The third kappa shape index (κ3) is 8.72. The second-order valence-electron chi connectivity index (χ2n) is 6.48. The lowest BCUT2D eigenvalue weighted by Crippen LogP contribution is -2.36. The molecule has 0 saturated carbocycles. The Morgan fingerprint density at radius 2 is 1.61 bits per heavy atom. The number of aliphatic imine (C=N–C) groups is 1. The fourth-order valence-corrected chi connectivity index (χ4v) is 2.68. The van der Waals surface area contributed by atoms with Crippen LogP contribution in [0.1, 0.15) is 16.7 Å². The number of halogens is 4. The lowest BCUT2D eigenvalue weighted by molar-refractivity contribution is -0.153. The Labute approximate surface area is 197 Å². The number of hydrogen-bond acceptors (Lipinski definition) is 4. The molecule has 2 rings (SSSR count). The molecule has 0 atom stereocenters. The normalized spacial score (nSPS) is 11.4. The van der Waals surface area contributed by atoms with Crippen LogP contribution in [0.3, 0.4) is 0 Å². The number of guanidine groups is 1. The summed E-state index contributed by atoms with van der Waals surface area (Å²) in [7, 11) is 4.65. The minimum atomic E-state index is -4.41. The molecule has 10 heteroatoms. The number of aryl methyl sites for hydroxylation is 1. The molecule has 31 heavy (non-hydrogen) atoms. The maximum Gasteiger partial charge on any atom is 0.422 e. The van der Waals surface area contributed by atoms with Crippen LogP contribution in [0.25, 0.3) is 0 Å². The maximum atomic E-state index is 12.4. The van der Waals surface area contributed by atoms with E-state index in [2.05, 4.69) is 15.6 Å². The van der Waals surface area contributed by atoms with Crippen molar-refractivity contribution in [2.45, 2.75) is 26.2 Å². The van der Waals surface area contributed by atoms with Crippen LogP contribution in [-0.2, 0) is 13.1 Å². The zero-order chi connectivity index (χ0) is 22.1. The van der Waals surface area contributed by atoms with E-state index in [1.807, 2.05) is 25.1 Å². The van der Waals surface area contributed by atoms with Crippen molar-refractivity contribution < 1.29 is 27.4 Å². The molecule has 0 aliphatic rings. The number of rotatable bonds is 8. The Kier molecular flexibility index (Phi) is 10.7. The standard InChI is InChI=1S/C21H26F3N3O3.HI/c1-14-5-7-16(18(9-14)28-3)12-27-20(25-2)26-11-15-6-8-17(19(10-15)29-4)30-13-21(22,23)24;/h5-10H,11-13H2,1-4H3,(H2,25,26,27);1H. The molecule has 6 nitrogen and oxygen atoms in total. The average Bonchev–Trinajstić information content (AvgIpc) is 2.72. The van der Waals surface area contributed by atoms with Crippen molar-refractivity contribution in [1.82, 2.24) is 10.6 Å². The Bertz CT molecular complexity index is 877. The van der Waals surface area contributed by atoms with Gasteiger partial charge in [0.1, 0.15) is 5.75 Å². The minimum absolute atomic E-state index is 0. The predicted molar refractivity (Wildman–Crippen MR) is 125 cm³/mol. The highest BCUT2D eigenvalue weighted by Crippen LogP contribution is 2.29. The predicted octanol–water partition coefficient (Wildman–Crippen LogP) is 4.44. The van der Waals surface area contributed by atoms with Crippen molar-refractivity contribution in [3.8, 4) is 17.2 Å². The Morgan fingerprint density at radius 1 is 0.935 bits per heavy atom. The highest BCUT2D eigenvalue weighted by atomic mass is 127. The monoisotopic (exact) mass is 553 g/mol. The van der Waals surface area contributed by atoms with E-state index in [-0.39, 0.29) is 35.5 Å². The van der Waals surface area contributed by atoms with Gasteiger partial charge in [-0.05, 0) is 36.2 Å². The third-order valence-corrected chi connectivity index (χ3v) is 4.19. The van der Waals surface area contributed by atoms with Gasteiger partial charge in [-0.15, -0.1) is 24.0 Å². The zero-order valence-corrected chi connectivity index (χ0v) is 20.1. The molecular weight excluding hydrogens is 526 g/mol. The number of methoxy groups -OCH3 is 2. The summed E-state index contributed by atoms with van der Waals surface area (Å²) in [6.07, 6.45) is -4.41. The van der Waals surface area contributed by atoms with E-state index in [1.165, 1.54) is 13.2 Å². The molecule has 2 aromatic carbocycles. The fourth-order valence-electron chi connectivity index (χ4n) is 2.68. The second-order valence-corrected chi connectivity index (χ2v) is 6.48. The van der Waals surface area contributed by atoms with Crippen molar-refractivity contribution in [3.63, 3.8) is 0 Å². The van der Waals surface area contributed by atoms with Crippen molar-refractivity contribution in [3.05, 3.63) is 53.1 Å². The van der Waals surface area contributed by atoms with Gasteiger partial charge in [-0.2, -0.15) is 13.2 Å². The SMILES string of the molecule is CN=C(NCc1ccc(OCC(F)(F)F)c(OC)c1)NCc1ccc(C)cc1OC.I. The molecule has 0 aromatic heterocycles. The summed E-state index contributed by atoms with van der Waals surface area (Å²) in [5.41, 5.74) is 2.88. The summed E-state index contributed by atoms with van der Waals surface area (Å²) in [6, 6.07) is 10.7. The molecule has 0 aliphatic heterocycles. The van der Waals surface area contributed by atoms with E-state index < -0.39 is 12.8 Å². The summed E-state index contributed by atoms with van der Waals surface area (Å²) in [4.78, 5) is 4.18. The van der Waals surface area contributed by atoms with Gasteiger partial charge in [-0.3, -0.25) is 4.99 Å². The smallest absolute Gasteiger partial charge is 0.422 e. The van der Waals surface area contributed by atoms with Crippen LogP contribution >= 0.6 is 24.0 Å². The van der Waals surface area contributed by atoms with Gasteiger partial charge in [0, 0.05) is 25.7 Å². The van der Waals surface area contributed by atoms with Gasteiger partial charge in [-0.25, -0.2) is 0 Å². The second kappa shape index (κ2) is 12.5. The third-order valence-electron chi connectivity index (χ3n) is 4.19. The maximum absolute atomic E-state index is 12.4. The Balaban J connectivity index is 0.00000480. The van der Waals surface area contributed by atoms with E-state index in [0.29, 0.717) is 19.0 Å². The van der Waals surface area contributed by atoms with Gasteiger partial charge in [0.25, 0.3) is 0 Å². The summed E-state index contributed by atoms with van der Waals surface area (Å²) in [6.45, 7) is 1.52. The lowest BCUT2D eigenvalue weighted by atomic mass is 10.1. The Morgan fingerprint density at radius 3 is 2.23 bits per heavy atom. The molecular formula is C21H27F3IN3O3. The molecule has 2 aromatic rings. The number of benzene rings is 2. The number of hydrogen-bond donors (Lipinski definition) is 2. The molecule has 172 valence electrons. The molecule has 0 spiro atoms. The van der Waals surface area contributed by atoms with Gasteiger partial charge < -0.3 is 24.8 Å². The summed E-state index contributed by atoms with van der Waals surface area (Å²) in [5, 5.41) is 6.36.